The maximum atomic E-state index is 11.1. The van der Waals surface area contributed by atoms with Crippen LogP contribution in [0, 0.1) is 19.8 Å². The number of fused-ring (bicyclic) bond motifs is 1. The minimum Gasteiger partial charge on any atom is -0.480 e. The topological polar surface area (TPSA) is 55.1 Å². The van der Waals surface area contributed by atoms with E-state index in [2.05, 4.69) is 18.8 Å². The second kappa shape index (κ2) is 5.03. The lowest BCUT2D eigenvalue weighted by atomic mass is 10.1. The molecular weight excluding hydrogens is 240 g/mol. The van der Waals surface area contributed by atoms with E-state index in [0.717, 1.165) is 28.8 Å². The van der Waals surface area contributed by atoms with E-state index >= 15 is 0 Å². The van der Waals surface area contributed by atoms with Gasteiger partial charge in [0.2, 0.25) is 0 Å². The Morgan fingerprint density at radius 1 is 1.32 bits per heavy atom. The van der Waals surface area contributed by atoms with E-state index in [9.17, 15) is 4.79 Å². The number of carboxylic acids is 1. The number of carboxylic acid groups (broad SMARTS) is 1. The average Bonchev–Trinajstić information content (AvgIpc) is 2.56. The van der Waals surface area contributed by atoms with Crippen LogP contribution in [0.25, 0.3) is 11.0 Å². The van der Waals surface area contributed by atoms with Gasteiger partial charge in [0.25, 0.3) is 0 Å². The van der Waals surface area contributed by atoms with Crippen molar-refractivity contribution < 1.29 is 9.90 Å². The van der Waals surface area contributed by atoms with E-state index in [-0.39, 0.29) is 6.54 Å². The van der Waals surface area contributed by atoms with Gasteiger partial charge >= 0.3 is 5.97 Å². The summed E-state index contributed by atoms with van der Waals surface area (Å²) in [5.41, 5.74) is 4.15. The molecule has 1 aromatic carbocycles. The third-order valence-electron chi connectivity index (χ3n) is 3.33. The van der Waals surface area contributed by atoms with Crippen LogP contribution in [0.5, 0.6) is 0 Å². The summed E-state index contributed by atoms with van der Waals surface area (Å²) in [6.07, 6.45) is 0.792. The molecule has 0 aliphatic rings. The van der Waals surface area contributed by atoms with Gasteiger partial charge in [0.05, 0.1) is 11.0 Å². The number of aromatic nitrogens is 2. The summed E-state index contributed by atoms with van der Waals surface area (Å²) in [6.45, 7) is 8.28. The van der Waals surface area contributed by atoms with Crippen molar-refractivity contribution in [2.45, 2.75) is 40.7 Å². The van der Waals surface area contributed by atoms with E-state index in [1.807, 2.05) is 30.5 Å². The zero-order valence-electron chi connectivity index (χ0n) is 11.9. The molecular formula is C15H20N2O2. The Morgan fingerprint density at radius 2 is 1.95 bits per heavy atom. The van der Waals surface area contributed by atoms with Crippen molar-refractivity contribution in [3.63, 3.8) is 0 Å². The number of hydrogen-bond acceptors (Lipinski definition) is 2. The molecule has 4 heteroatoms. The van der Waals surface area contributed by atoms with Crippen molar-refractivity contribution >= 4 is 17.0 Å². The smallest absolute Gasteiger partial charge is 0.323 e. The minimum absolute atomic E-state index is 0.0267. The fourth-order valence-corrected chi connectivity index (χ4v) is 2.26. The summed E-state index contributed by atoms with van der Waals surface area (Å²) < 4.78 is 1.82. The maximum Gasteiger partial charge on any atom is 0.323 e. The number of rotatable bonds is 4. The van der Waals surface area contributed by atoms with Gasteiger partial charge in [0.1, 0.15) is 12.4 Å². The first-order valence-electron chi connectivity index (χ1n) is 6.56. The molecule has 0 saturated carbocycles. The minimum atomic E-state index is -0.831. The Hall–Kier alpha value is -1.84. The van der Waals surface area contributed by atoms with Crippen molar-refractivity contribution in [2.75, 3.05) is 0 Å². The molecule has 0 fully saturated rings. The number of carbonyl (C=O) groups is 1. The molecule has 0 atom stereocenters. The molecule has 19 heavy (non-hydrogen) atoms. The molecule has 0 aliphatic heterocycles. The largest absolute Gasteiger partial charge is 0.480 e. The van der Waals surface area contributed by atoms with E-state index in [4.69, 9.17) is 5.11 Å². The normalized spacial score (nSPS) is 11.4. The summed E-state index contributed by atoms with van der Waals surface area (Å²) in [7, 11) is 0. The Kier molecular flexibility index (Phi) is 3.60. The summed E-state index contributed by atoms with van der Waals surface area (Å²) >= 11 is 0. The average molecular weight is 260 g/mol. The molecule has 0 bridgehead atoms. The number of benzene rings is 1. The Labute approximate surface area is 113 Å². The standard InChI is InChI=1S/C15H20N2O2/c1-9(2)5-14-16-12-6-10(3)11(4)7-13(12)17(14)8-15(18)19/h6-7,9H,5,8H2,1-4H3,(H,18,19). The van der Waals surface area contributed by atoms with Gasteiger partial charge in [0.15, 0.2) is 0 Å². The van der Waals surface area contributed by atoms with Crippen molar-refractivity contribution in [2.24, 2.45) is 5.92 Å². The molecule has 0 saturated heterocycles. The van der Waals surface area contributed by atoms with Crippen molar-refractivity contribution in [1.29, 1.82) is 0 Å². The molecule has 0 radical (unpaired) electrons. The van der Waals surface area contributed by atoms with Gasteiger partial charge in [-0.3, -0.25) is 4.79 Å². The van der Waals surface area contributed by atoms with Gasteiger partial charge < -0.3 is 9.67 Å². The van der Waals surface area contributed by atoms with Crippen LogP contribution in [0.3, 0.4) is 0 Å². The number of aryl methyl sites for hydroxylation is 2. The van der Waals surface area contributed by atoms with Gasteiger partial charge in [0, 0.05) is 6.42 Å². The highest BCUT2D eigenvalue weighted by atomic mass is 16.4. The first kappa shape index (κ1) is 13.6. The molecule has 1 N–H and O–H groups in total. The quantitative estimate of drug-likeness (QED) is 0.919. The van der Waals surface area contributed by atoms with Gasteiger partial charge in [-0.2, -0.15) is 0 Å². The first-order chi connectivity index (χ1) is 8.88. The first-order valence-corrected chi connectivity index (χ1v) is 6.56. The SMILES string of the molecule is Cc1cc2nc(CC(C)C)n(CC(=O)O)c2cc1C. The van der Waals surface area contributed by atoms with Crippen LogP contribution in [0.1, 0.15) is 30.8 Å². The number of nitrogens with zero attached hydrogens (tertiary/aromatic N) is 2. The fourth-order valence-electron chi connectivity index (χ4n) is 2.26. The summed E-state index contributed by atoms with van der Waals surface area (Å²) in [4.78, 5) is 15.7. The maximum absolute atomic E-state index is 11.1. The molecule has 0 spiro atoms. The predicted molar refractivity (Wildman–Crippen MR) is 75.4 cm³/mol. The third kappa shape index (κ3) is 2.78. The second-order valence-corrected chi connectivity index (χ2v) is 5.53. The molecule has 0 aliphatic carbocycles. The Bertz CT molecular complexity index is 627. The summed E-state index contributed by atoms with van der Waals surface area (Å²) in [5, 5.41) is 9.08. The molecule has 2 aromatic rings. The third-order valence-corrected chi connectivity index (χ3v) is 3.33. The Balaban J connectivity index is 2.62. The molecule has 4 nitrogen and oxygen atoms in total. The van der Waals surface area contributed by atoms with Crippen LogP contribution >= 0.6 is 0 Å². The number of hydrogen-bond donors (Lipinski definition) is 1. The highest BCUT2D eigenvalue weighted by molar-refractivity contribution is 5.80. The molecule has 0 unspecified atom stereocenters. The number of aliphatic carboxylic acids is 1. The van der Waals surface area contributed by atoms with E-state index in [1.165, 1.54) is 5.56 Å². The summed E-state index contributed by atoms with van der Waals surface area (Å²) in [6, 6.07) is 4.07. The van der Waals surface area contributed by atoms with Crippen LogP contribution in [0.2, 0.25) is 0 Å². The van der Waals surface area contributed by atoms with Gasteiger partial charge in [-0.25, -0.2) is 4.98 Å². The fraction of sp³-hybridized carbons (Fsp3) is 0.467. The Morgan fingerprint density at radius 3 is 2.53 bits per heavy atom. The molecule has 2 rings (SSSR count). The monoisotopic (exact) mass is 260 g/mol. The van der Waals surface area contributed by atoms with Gasteiger partial charge in [-0.05, 0) is 43.0 Å². The van der Waals surface area contributed by atoms with Gasteiger partial charge in [-0.1, -0.05) is 13.8 Å². The highest BCUT2D eigenvalue weighted by Gasteiger charge is 2.15. The molecule has 102 valence electrons. The molecule has 1 heterocycles. The lowest BCUT2D eigenvalue weighted by Crippen LogP contribution is -2.13. The van der Waals surface area contributed by atoms with E-state index in [0.29, 0.717) is 5.92 Å². The van der Waals surface area contributed by atoms with Crippen molar-refractivity contribution in [3.05, 3.63) is 29.1 Å². The van der Waals surface area contributed by atoms with Crippen molar-refractivity contribution in [3.8, 4) is 0 Å². The van der Waals surface area contributed by atoms with Crippen molar-refractivity contribution in [1.82, 2.24) is 9.55 Å². The second-order valence-electron chi connectivity index (χ2n) is 5.53. The lowest BCUT2D eigenvalue weighted by Gasteiger charge is -2.08. The number of imidazole rings is 1. The summed E-state index contributed by atoms with van der Waals surface area (Å²) in [5.74, 6) is 0.478. The van der Waals surface area contributed by atoms with E-state index in [1.54, 1.807) is 0 Å². The van der Waals surface area contributed by atoms with Crippen LogP contribution in [-0.4, -0.2) is 20.6 Å². The zero-order chi connectivity index (χ0) is 14.2. The van der Waals surface area contributed by atoms with Crippen LogP contribution in [0.15, 0.2) is 12.1 Å². The molecule has 0 amide bonds. The van der Waals surface area contributed by atoms with Crippen LogP contribution in [0.4, 0.5) is 0 Å². The molecule has 1 aromatic heterocycles. The van der Waals surface area contributed by atoms with Crippen LogP contribution in [-0.2, 0) is 17.8 Å². The highest BCUT2D eigenvalue weighted by Crippen LogP contribution is 2.22. The predicted octanol–water partition coefficient (Wildman–Crippen LogP) is 2.94. The lowest BCUT2D eigenvalue weighted by molar-refractivity contribution is -0.137. The van der Waals surface area contributed by atoms with Gasteiger partial charge in [-0.15, -0.1) is 0 Å². The van der Waals surface area contributed by atoms with E-state index < -0.39 is 5.97 Å². The van der Waals surface area contributed by atoms with Crippen LogP contribution < -0.4 is 0 Å². The zero-order valence-corrected chi connectivity index (χ0v) is 11.9.